The monoisotopic (exact) mass is 460 g/mol. The zero-order valence-electron chi connectivity index (χ0n) is 20.1. The maximum absolute atomic E-state index is 11.0. The van der Waals surface area contributed by atoms with Gasteiger partial charge in [0.15, 0.2) is 0 Å². The summed E-state index contributed by atoms with van der Waals surface area (Å²) < 4.78 is 39.2. The number of unbranched alkanes of at least 4 members (excludes halogenated alkanes) is 14. The van der Waals surface area contributed by atoms with E-state index in [1.807, 2.05) is 13.8 Å². The molecule has 0 spiro atoms. The molecule has 0 rings (SSSR count). The summed E-state index contributed by atoms with van der Waals surface area (Å²) in [5.41, 5.74) is 0. The van der Waals surface area contributed by atoms with Crippen molar-refractivity contribution in [2.45, 2.75) is 124 Å². The van der Waals surface area contributed by atoms with Gasteiger partial charge in [-0.2, -0.15) is 0 Å². The van der Waals surface area contributed by atoms with Crippen molar-refractivity contribution < 1.29 is 56.2 Å². The van der Waals surface area contributed by atoms with Crippen LogP contribution in [0.3, 0.4) is 0 Å². The van der Waals surface area contributed by atoms with Gasteiger partial charge in [0.05, 0.1) is 0 Å². The summed E-state index contributed by atoms with van der Waals surface area (Å²) in [4.78, 5) is 11.0. The molecule has 0 atom stereocenters. The molecule has 0 aliphatic carbocycles. The van der Waals surface area contributed by atoms with Gasteiger partial charge in [0.2, 0.25) is 0 Å². The van der Waals surface area contributed by atoms with E-state index < -0.39 is 16.4 Å². The van der Waals surface area contributed by atoms with Gasteiger partial charge in [0.25, 0.3) is 10.4 Å². The molecule has 0 aliphatic heterocycles. The average molecular weight is 461 g/mol. The minimum Gasteiger partial charge on any atom is -0.716 e. The van der Waals surface area contributed by atoms with E-state index >= 15 is 0 Å². The van der Waals surface area contributed by atoms with E-state index in [4.69, 9.17) is 4.74 Å². The summed E-state index contributed by atoms with van der Waals surface area (Å²) >= 11 is 0. The molecule has 0 saturated heterocycles. The summed E-state index contributed by atoms with van der Waals surface area (Å²) in [6, 6.07) is 0. The van der Waals surface area contributed by atoms with Crippen molar-refractivity contribution in [2.75, 3.05) is 13.2 Å². The van der Waals surface area contributed by atoms with Gasteiger partial charge in [-0.15, -0.1) is 0 Å². The molecule has 6 nitrogen and oxygen atoms in total. The molecule has 0 aromatic heterocycles. The van der Waals surface area contributed by atoms with Crippen LogP contribution in [-0.2, 0) is 24.1 Å². The number of rotatable bonds is 19. The summed E-state index contributed by atoms with van der Waals surface area (Å²) in [5.74, 6) is -0.945. The fourth-order valence-corrected chi connectivity index (χ4v) is 3.31. The number of hydrogen-bond donors (Lipinski definition) is 0. The Hall–Kier alpha value is 0.340. The van der Waals surface area contributed by atoms with Crippen LogP contribution in [0, 0.1) is 0 Å². The first-order valence-electron chi connectivity index (χ1n) is 11.6. The maximum atomic E-state index is 11.0. The van der Waals surface area contributed by atoms with Crippen molar-refractivity contribution in [2.24, 2.45) is 0 Å². The number of hydrogen-bond acceptors (Lipinski definition) is 6. The Morgan fingerprint density at radius 1 is 0.667 bits per heavy atom. The topological polar surface area (TPSA) is 92.7 Å². The van der Waals surface area contributed by atoms with Crippen LogP contribution in [0.15, 0.2) is 0 Å². The van der Waals surface area contributed by atoms with E-state index in [0.29, 0.717) is 6.42 Å². The zero-order chi connectivity index (χ0) is 22.2. The van der Waals surface area contributed by atoms with E-state index in [1.165, 1.54) is 70.6 Å². The molecule has 0 aliphatic rings. The Balaban J connectivity index is -0.00000108. The Labute approximate surface area is 208 Å². The first-order chi connectivity index (χ1) is 13.9. The van der Waals surface area contributed by atoms with E-state index in [9.17, 15) is 17.8 Å². The minimum atomic E-state index is -4.89. The summed E-state index contributed by atoms with van der Waals surface area (Å²) in [6.07, 6.45) is 18.3. The molecule has 0 aromatic rings. The fraction of sp³-hybridized carbons (Fsp3) is 0.955. The number of ether oxygens (including phenoxy) is 1. The van der Waals surface area contributed by atoms with Crippen molar-refractivity contribution in [1.29, 1.82) is 0 Å². The summed E-state index contributed by atoms with van der Waals surface area (Å²) in [7, 11) is -4.89. The van der Waals surface area contributed by atoms with Crippen molar-refractivity contribution in [1.82, 2.24) is 0 Å². The standard InChI is InChI=1S/C18H36O5S.C4H10O.Na/c1-2-3-4-5-6-7-8-9-10-11-12-13-14-15-16-17-18(19)23-24(20,21)22;1-3-5-4-2;/h2-17H2,1H3,(H,20,21,22);3-4H2,1-2H3;/q;;+1/p-1. The molecule has 0 radical (unpaired) electrons. The second-order valence-electron chi connectivity index (χ2n) is 7.34. The largest absolute Gasteiger partial charge is 1.00 e. The molecular formula is C22H45NaO6S. The van der Waals surface area contributed by atoms with Gasteiger partial charge in [0.1, 0.15) is 0 Å². The van der Waals surface area contributed by atoms with Gasteiger partial charge >= 0.3 is 35.5 Å². The molecule has 0 amide bonds. The molecule has 0 saturated carbocycles. The smallest absolute Gasteiger partial charge is 0.716 e. The predicted octanol–water partition coefficient (Wildman–Crippen LogP) is 3.30. The van der Waals surface area contributed by atoms with Crippen LogP contribution in [0.25, 0.3) is 0 Å². The van der Waals surface area contributed by atoms with E-state index in [2.05, 4.69) is 11.1 Å². The van der Waals surface area contributed by atoms with Gasteiger partial charge in [-0.3, -0.25) is 4.79 Å². The molecule has 30 heavy (non-hydrogen) atoms. The first kappa shape index (κ1) is 34.9. The Kier molecular flexibility index (Phi) is 31.9. The van der Waals surface area contributed by atoms with E-state index in [0.717, 1.165) is 32.5 Å². The van der Waals surface area contributed by atoms with E-state index in [1.54, 1.807) is 0 Å². The van der Waals surface area contributed by atoms with Crippen molar-refractivity contribution in [3.05, 3.63) is 0 Å². The third-order valence-corrected chi connectivity index (χ3v) is 4.98. The van der Waals surface area contributed by atoms with Crippen LogP contribution in [0.4, 0.5) is 0 Å². The van der Waals surface area contributed by atoms with Crippen LogP contribution in [0.5, 0.6) is 0 Å². The zero-order valence-corrected chi connectivity index (χ0v) is 22.9. The maximum Gasteiger partial charge on any atom is 1.00 e. The average Bonchev–Trinajstić information content (AvgIpc) is 2.64. The predicted molar refractivity (Wildman–Crippen MR) is 118 cm³/mol. The summed E-state index contributed by atoms with van der Waals surface area (Å²) in [5, 5.41) is 0. The molecule has 176 valence electrons. The first-order valence-corrected chi connectivity index (χ1v) is 13.0. The van der Waals surface area contributed by atoms with Crippen LogP contribution in [-0.4, -0.2) is 32.2 Å². The van der Waals surface area contributed by atoms with Crippen molar-refractivity contribution in [3.8, 4) is 0 Å². The number of carbonyl (C=O) groups is 1. The third-order valence-electron chi connectivity index (χ3n) is 4.59. The summed E-state index contributed by atoms with van der Waals surface area (Å²) in [6.45, 7) is 7.91. The van der Waals surface area contributed by atoms with Gasteiger partial charge in [-0.1, -0.05) is 96.8 Å². The minimum absolute atomic E-state index is 0. The van der Waals surface area contributed by atoms with Crippen LogP contribution >= 0.6 is 0 Å². The quantitative estimate of drug-likeness (QED) is 0.127. The van der Waals surface area contributed by atoms with Gasteiger partial charge in [0, 0.05) is 19.6 Å². The van der Waals surface area contributed by atoms with Crippen molar-refractivity contribution >= 4 is 16.4 Å². The van der Waals surface area contributed by atoms with Crippen LogP contribution in [0.2, 0.25) is 0 Å². The normalized spacial score (nSPS) is 10.7. The second kappa shape index (κ2) is 27.4. The van der Waals surface area contributed by atoms with Crippen molar-refractivity contribution in [3.63, 3.8) is 0 Å². The van der Waals surface area contributed by atoms with Gasteiger partial charge < -0.3 is 13.5 Å². The van der Waals surface area contributed by atoms with E-state index in [-0.39, 0.29) is 36.0 Å². The van der Waals surface area contributed by atoms with Gasteiger partial charge in [-0.05, 0) is 20.3 Å². The Morgan fingerprint density at radius 2 is 1.00 bits per heavy atom. The molecule has 0 unspecified atom stereocenters. The number of carbonyl (C=O) groups excluding carboxylic acids is 1. The second-order valence-corrected chi connectivity index (χ2v) is 8.33. The molecule has 0 heterocycles. The van der Waals surface area contributed by atoms with Crippen LogP contribution < -0.4 is 29.6 Å². The van der Waals surface area contributed by atoms with Crippen LogP contribution in [0.1, 0.15) is 124 Å². The molecular weight excluding hydrogens is 415 g/mol. The fourth-order valence-electron chi connectivity index (χ4n) is 3.00. The Morgan fingerprint density at radius 3 is 1.27 bits per heavy atom. The molecule has 0 fully saturated rings. The SMILES string of the molecule is CCCCCCCCCCCCCCCCCC(=O)OS(=O)(=O)[O-].CCOCC.[Na+]. The molecule has 0 bridgehead atoms. The molecule has 0 aromatic carbocycles. The van der Waals surface area contributed by atoms with Gasteiger partial charge in [-0.25, -0.2) is 8.42 Å². The molecule has 0 N–H and O–H groups in total. The molecule has 8 heteroatoms. The Bertz CT molecular complexity index is 441. The third kappa shape index (κ3) is 35.8.